The van der Waals surface area contributed by atoms with Crippen molar-refractivity contribution in [2.45, 2.75) is 32.5 Å². The fourth-order valence-corrected chi connectivity index (χ4v) is 3.52. The first kappa shape index (κ1) is 21.6. The molecule has 6 nitrogen and oxygen atoms in total. The maximum atomic E-state index is 12.7. The van der Waals surface area contributed by atoms with Gasteiger partial charge in [0.1, 0.15) is 5.82 Å². The summed E-state index contributed by atoms with van der Waals surface area (Å²) in [7, 11) is 1.77. The number of piperidine rings is 1. The van der Waals surface area contributed by atoms with Crippen molar-refractivity contribution in [3.63, 3.8) is 0 Å². The number of likely N-dealkylation sites (tertiary alicyclic amines) is 1. The van der Waals surface area contributed by atoms with E-state index in [1.165, 1.54) is 25.7 Å². The van der Waals surface area contributed by atoms with E-state index in [2.05, 4.69) is 15.0 Å². The van der Waals surface area contributed by atoms with Gasteiger partial charge >= 0.3 is 6.18 Å². The van der Waals surface area contributed by atoms with Crippen LogP contribution in [0.2, 0.25) is 0 Å². The van der Waals surface area contributed by atoms with Crippen molar-refractivity contribution in [1.82, 2.24) is 19.7 Å². The topological polar surface area (TPSA) is 69.2 Å². The summed E-state index contributed by atoms with van der Waals surface area (Å²) in [6.07, 6.45) is -0.0155. The molecule has 0 amide bonds. The van der Waals surface area contributed by atoms with Gasteiger partial charge in [0.25, 0.3) is 0 Å². The predicted molar refractivity (Wildman–Crippen MR) is 105 cm³/mol. The molecule has 0 radical (unpaired) electrons. The third-order valence-electron chi connectivity index (χ3n) is 5.32. The van der Waals surface area contributed by atoms with Crippen molar-refractivity contribution in [2.75, 3.05) is 39.1 Å². The van der Waals surface area contributed by atoms with Crippen molar-refractivity contribution in [3.05, 3.63) is 30.1 Å². The molecule has 9 heteroatoms. The molecular formula is C20H28F3N5O. The number of pyridine rings is 1. The largest absolute Gasteiger partial charge is 0.419 e. The third kappa shape index (κ3) is 5.48. The average Bonchev–Trinajstić information content (AvgIpc) is 3.08. The van der Waals surface area contributed by atoms with Gasteiger partial charge in [0.15, 0.2) is 0 Å². The van der Waals surface area contributed by atoms with Gasteiger partial charge < -0.3 is 15.4 Å². The monoisotopic (exact) mass is 411 g/mol. The molecule has 2 unspecified atom stereocenters. The number of rotatable bonds is 5. The van der Waals surface area contributed by atoms with E-state index in [4.69, 9.17) is 10.5 Å². The van der Waals surface area contributed by atoms with Gasteiger partial charge in [0.05, 0.1) is 17.9 Å². The Labute approximate surface area is 168 Å². The number of ether oxygens (including phenoxy) is 1. The van der Waals surface area contributed by atoms with Gasteiger partial charge in [-0.1, -0.05) is 0 Å². The average molecular weight is 411 g/mol. The molecule has 4 rings (SSSR count). The molecule has 1 saturated heterocycles. The maximum absolute atomic E-state index is 12.7. The van der Waals surface area contributed by atoms with Crippen LogP contribution in [-0.2, 0) is 10.9 Å². The summed E-state index contributed by atoms with van der Waals surface area (Å²) in [4.78, 5) is 6.10. The van der Waals surface area contributed by atoms with Crippen LogP contribution in [0.1, 0.15) is 31.9 Å². The fraction of sp³-hybridized carbons (Fsp3) is 0.600. The molecule has 0 aromatic carbocycles. The Bertz CT molecular complexity index is 811. The first-order valence-corrected chi connectivity index (χ1v) is 9.78. The molecule has 2 fully saturated rings. The minimum atomic E-state index is -4.52. The number of anilines is 1. The van der Waals surface area contributed by atoms with E-state index in [-0.39, 0.29) is 6.04 Å². The number of hydrogen-bond acceptors (Lipinski definition) is 5. The lowest BCUT2D eigenvalue weighted by atomic mass is 10.1. The first-order valence-electron chi connectivity index (χ1n) is 9.78. The summed E-state index contributed by atoms with van der Waals surface area (Å²) in [6.45, 7) is 8.59. The van der Waals surface area contributed by atoms with E-state index in [1.54, 1.807) is 24.1 Å². The molecule has 3 heterocycles. The van der Waals surface area contributed by atoms with E-state index in [9.17, 15) is 13.2 Å². The maximum Gasteiger partial charge on any atom is 0.419 e. The summed E-state index contributed by atoms with van der Waals surface area (Å²) < 4.78 is 44.9. The normalized spacial score (nSPS) is 21.1. The quantitative estimate of drug-likeness (QED) is 0.812. The van der Waals surface area contributed by atoms with E-state index >= 15 is 0 Å². The molecule has 2 N–H and O–H groups in total. The molecule has 1 aliphatic heterocycles. The van der Waals surface area contributed by atoms with Crippen LogP contribution in [0, 0.1) is 11.8 Å². The van der Waals surface area contributed by atoms with E-state index in [0.29, 0.717) is 11.3 Å². The Morgan fingerprint density at radius 3 is 2.52 bits per heavy atom. The van der Waals surface area contributed by atoms with Crippen LogP contribution in [0.5, 0.6) is 0 Å². The molecule has 0 spiro atoms. The predicted octanol–water partition coefficient (Wildman–Crippen LogP) is 3.71. The number of halogens is 3. The van der Waals surface area contributed by atoms with Crippen LogP contribution in [0.3, 0.4) is 0 Å². The lowest BCUT2D eigenvalue weighted by Crippen LogP contribution is -2.26. The van der Waals surface area contributed by atoms with Gasteiger partial charge in [-0.2, -0.15) is 18.3 Å². The molecule has 0 bridgehead atoms. The number of hydrogen-bond donors (Lipinski definition) is 1. The van der Waals surface area contributed by atoms with Crippen LogP contribution in [0.15, 0.2) is 24.5 Å². The second-order valence-electron chi connectivity index (χ2n) is 7.94. The van der Waals surface area contributed by atoms with Crippen LogP contribution in [0.4, 0.5) is 19.0 Å². The van der Waals surface area contributed by atoms with Gasteiger partial charge in [0, 0.05) is 50.7 Å². The Kier molecular flexibility index (Phi) is 6.48. The molecule has 1 aliphatic carbocycles. The van der Waals surface area contributed by atoms with E-state index < -0.39 is 17.6 Å². The van der Waals surface area contributed by atoms with Gasteiger partial charge in [0.2, 0.25) is 0 Å². The Morgan fingerprint density at radius 2 is 1.97 bits per heavy atom. The highest BCUT2D eigenvalue weighted by atomic mass is 19.4. The zero-order valence-corrected chi connectivity index (χ0v) is 17.0. The number of nitrogen functional groups attached to an aromatic ring is 1. The van der Waals surface area contributed by atoms with Crippen molar-refractivity contribution in [2.24, 2.45) is 11.8 Å². The minimum Gasteiger partial charge on any atom is -0.383 e. The molecular weight excluding hydrogens is 383 g/mol. The summed E-state index contributed by atoms with van der Waals surface area (Å²) >= 11 is 0. The van der Waals surface area contributed by atoms with Crippen LogP contribution < -0.4 is 5.73 Å². The summed E-state index contributed by atoms with van der Waals surface area (Å²) in [6, 6.07) is 2.75. The third-order valence-corrected chi connectivity index (χ3v) is 5.32. The number of methoxy groups -OCH3 is 1. The summed E-state index contributed by atoms with van der Waals surface area (Å²) in [5, 5.41) is 4.20. The standard InChI is InChI=1S/C12H13F3N4.C8H15NO/c1-7(2)19-4-3-10(18-19)8-5-9(12(13,14)15)11(16)17-6-8;1-10-3-2-9-5-7-4-8(7)6-9/h3-7H,1-2H3,(H2,16,17);7-8H,2-6H2,1H3. The van der Waals surface area contributed by atoms with Gasteiger partial charge in [-0.25, -0.2) is 4.98 Å². The zero-order chi connectivity index (χ0) is 21.2. The molecule has 29 heavy (non-hydrogen) atoms. The SMILES string of the molecule is CC(C)n1ccc(-c2cnc(N)c(C(F)(F)F)c2)n1.COCCN1CC2CC2C1. The zero-order valence-electron chi connectivity index (χ0n) is 17.0. The lowest BCUT2D eigenvalue weighted by Gasteiger charge is -2.15. The van der Waals surface area contributed by atoms with Gasteiger partial charge in [-0.15, -0.1) is 0 Å². The van der Waals surface area contributed by atoms with Crippen LogP contribution in [-0.4, -0.2) is 53.0 Å². The van der Waals surface area contributed by atoms with Crippen LogP contribution in [0.25, 0.3) is 11.3 Å². The Balaban J connectivity index is 0.000000200. The molecule has 1 saturated carbocycles. The fourth-order valence-electron chi connectivity index (χ4n) is 3.52. The molecule has 2 aliphatic rings. The molecule has 2 aromatic heterocycles. The number of aromatic nitrogens is 3. The van der Waals surface area contributed by atoms with Gasteiger partial charge in [-0.3, -0.25) is 4.68 Å². The summed E-state index contributed by atoms with van der Waals surface area (Å²) in [5.74, 6) is 1.60. The highest BCUT2D eigenvalue weighted by Gasteiger charge is 2.44. The van der Waals surface area contributed by atoms with Crippen molar-refractivity contribution in [3.8, 4) is 11.3 Å². The smallest absolute Gasteiger partial charge is 0.383 e. The van der Waals surface area contributed by atoms with Crippen molar-refractivity contribution < 1.29 is 17.9 Å². The van der Waals surface area contributed by atoms with Crippen LogP contribution >= 0.6 is 0 Å². The van der Waals surface area contributed by atoms with Crippen molar-refractivity contribution in [1.29, 1.82) is 0 Å². The second-order valence-corrected chi connectivity index (χ2v) is 7.94. The van der Waals surface area contributed by atoms with E-state index in [1.807, 2.05) is 13.8 Å². The number of fused-ring (bicyclic) bond motifs is 1. The number of nitrogens with two attached hydrogens (primary N) is 1. The Morgan fingerprint density at radius 1 is 1.28 bits per heavy atom. The highest BCUT2D eigenvalue weighted by molar-refractivity contribution is 5.61. The van der Waals surface area contributed by atoms with E-state index in [0.717, 1.165) is 31.1 Å². The summed E-state index contributed by atoms with van der Waals surface area (Å²) in [5.41, 5.74) is 5.04. The lowest BCUT2D eigenvalue weighted by molar-refractivity contribution is -0.137. The highest BCUT2D eigenvalue weighted by Crippen LogP contribution is 2.44. The van der Waals surface area contributed by atoms with Gasteiger partial charge in [-0.05, 0) is 44.2 Å². The number of alkyl halides is 3. The molecule has 2 atom stereocenters. The minimum absolute atomic E-state index is 0.137. The number of nitrogens with zero attached hydrogens (tertiary/aromatic N) is 4. The molecule has 160 valence electrons. The molecule has 2 aromatic rings. The van der Waals surface area contributed by atoms with Crippen molar-refractivity contribution >= 4 is 5.82 Å². The first-order chi connectivity index (χ1) is 13.7. The Hall–Kier alpha value is -2.13. The second kappa shape index (κ2) is 8.71.